The molecule has 2 saturated heterocycles. The molecular formula is C14H19N5O4. The van der Waals surface area contributed by atoms with Crippen LogP contribution >= 0.6 is 0 Å². The summed E-state index contributed by atoms with van der Waals surface area (Å²) < 4.78 is 19.6. The Kier molecular flexibility index (Phi) is 3.19. The summed E-state index contributed by atoms with van der Waals surface area (Å²) in [6.07, 6.45) is 2.19. The van der Waals surface area contributed by atoms with Gasteiger partial charge in [0.25, 0.3) is 5.56 Å². The zero-order valence-electron chi connectivity index (χ0n) is 13.0. The number of aromatic amines is 1. The molecule has 4 heterocycles. The van der Waals surface area contributed by atoms with Crippen molar-refractivity contribution in [3.63, 3.8) is 0 Å². The number of ether oxygens (including phenoxy) is 3. The molecule has 3 N–H and O–H groups in total. The van der Waals surface area contributed by atoms with Gasteiger partial charge in [0.15, 0.2) is 17.4 Å². The molecule has 1 unspecified atom stereocenters. The van der Waals surface area contributed by atoms with Crippen molar-refractivity contribution in [2.45, 2.75) is 43.8 Å². The molecule has 2 aromatic rings. The minimum Gasteiger partial charge on any atom is -0.376 e. The number of nitrogens with two attached hydrogens (primary N) is 1. The van der Waals surface area contributed by atoms with Crippen molar-refractivity contribution in [1.29, 1.82) is 0 Å². The minimum absolute atomic E-state index is 0.0413. The molecule has 0 saturated carbocycles. The van der Waals surface area contributed by atoms with Crippen molar-refractivity contribution in [1.82, 2.24) is 19.5 Å². The van der Waals surface area contributed by atoms with Crippen molar-refractivity contribution in [2.24, 2.45) is 0 Å². The molecule has 2 bridgehead atoms. The molecule has 9 nitrogen and oxygen atoms in total. The van der Waals surface area contributed by atoms with Crippen molar-refractivity contribution in [2.75, 3.05) is 19.5 Å². The first-order valence-corrected chi connectivity index (χ1v) is 7.64. The molecule has 124 valence electrons. The van der Waals surface area contributed by atoms with Crippen LogP contribution in [0.25, 0.3) is 11.2 Å². The standard InChI is InChI=1S/C14H19N5O4/c1-3-14-4-5-22-8(9(14)21-2)12(23-14)19-6-16-7-10(19)17-13(15)18-11(7)20/h6,8-9,12H,3-5H2,1-2H3,(H3,15,17,18,20)/t8-,9?,12+,14+/m0/s1. The highest BCUT2D eigenvalue weighted by atomic mass is 16.6. The number of rotatable bonds is 3. The fraction of sp³-hybridized carbons (Fsp3) is 0.643. The summed E-state index contributed by atoms with van der Waals surface area (Å²) in [6.45, 7) is 2.68. The van der Waals surface area contributed by atoms with Gasteiger partial charge in [0, 0.05) is 13.5 Å². The second-order valence-corrected chi connectivity index (χ2v) is 5.94. The largest absolute Gasteiger partial charge is 0.376 e. The third-order valence-electron chi connectivity index (χ3n) is 4.87. The molecule has 0 radical (unpaired) electrons. The lowest BCUT2D eigenvalue weighted by Gasteiger charge is -2.36. The molecular weight excluding hydrogens is 302 g/mol. The average molecular weight is 321 g/mol. The topological polar surface area (TPSA) is 117 Å². The number of fused-ring (bicyclic) bond motifs is 3. The Morgan fingerprint density at radius 1 is 1.61 bits per heavy atom. The molecule has 4 atom stereocenters. The zero-order chi connectivity index (χ0) is 16.2. The predicted molar refractivity (Wildman–Crippen MR) is 80.9 cm³/mol. The van der Waals surface area contributed by atoms with E-state index in [1.165, 1.54) is 6.33 Å². The number of H-pyrrole nitrogens is 1. The molecule has 2 aromatic heterocycles. The van der Waals surface area contributed by atoms with E-state index in [-0.39, 0.29) is 29.2 Å². The van der Waals surface area contributed by atoms with E-state index in [0.717, 1.165) is 12.8 Å². The van der Waals surface area contributed by atoms with Crippen LogP contribution in [0.3, 0.4) is 0 Å². The number of hydrogen-bond acceptors (Lipinski definition) is 7. The lowest BCUT2D eigenvalue weighted by atomic mass is 9.87. The van der Waals surface area contributed by atoms with Gasteiger partial charge >= 0.3 is 0 Å². The van der Waals surface area contributed by atoms with Crippen molar-refractivity contribution >= 4 is 17.1 Å². The first-order chi connectivity index (χ1) is 11.1. The number of imidazole rings is 1. The van der Waals surface area contributed by atoms with Crippen LogP contribution in [0.15, 0.2) is 11.1 Å². The van der Waals surface area contributed by atoms with Crippen LogP contribution in [0.5, 0.6) is 0 Å². The van der Waals surface area contributed by atoms with E-state index in [1.54, 1.807) is 11.7 Å². The van der Waals surface area contributed by atoms with Gasteiger partial charge in [-0.25, -0.2) is 4.98 Å². The van der Waals surface area contributed by atoms with E-state index in [4.69, 9.17) is 19.9 Å². The minimum atomic E-state index is -0.457. The first-order valence-electron chi connectivity index (χ1n) is 7.64. The number of aromatic nitrogens is 4. The van der Waals surface area contributed by atoms with E-state index in [9.17, 15) is 4.79 Å². The van der Waals surface area contributed by atoms with Gasteiger partial charge in [0.2, 0.25) is 5.95 Å². The second kappa shape index (κ2) is 5.02. The normalized spacial score (nSPS) is 33.4. The summed E-state index contributed by atoms with van der Waals surface area (Å²) in [5.41, 5.74) is 5.50. The Morgan fingerprint density at radius 2 is 2.43 bits per heavy atom. The van der Waals surface area contributed by atoms with Gasteiger partial charge in [0.05, 0.1) is 12.9 Å². The monoisotopic (exact) mass is 321 g/mol. The van der Waals surface area contributed by atoms with Gasteiger partial charge in [-0.2, -0.15) is 4.98 Å². The third-order valence-corrected chi connectivity index (χ3v) is 4.87. The summed E-state index contributed by atoms with van der Waals surface area (Å²) >= 11 is 0. The number of anilines is 1. The van der Waals surface area contributed by atoms with Crippen LogP contribution < -0.4 is 11.3 Å². The van der Waals surface area contributed by atoms with Gasteiger partial charge in [-0.3, -0.25) is 14.3 Å². The number of methoxy groups -OCH3 is 1. The van der Waals surface area contributed by atoms with Gasteiger partial charge < -0.3 is 19.9 Å². The predicted octanol–water partition coefficient (Wildman–Crippen LogP) is 0.183. The first kappa shape index (κ1) is 14.6. The second-order valence-electron chi connectivity index (χ2n) is 5.94. The molecule has 9 heteroatoms. The van der Waals surface area contributed by atoms with Crippen LogP contribution in [0.1, 0.15) is 26.0 Å². The van der Waals surface area contributed by atoms with Crippen molar-refractivity contribution < 1.29 is 14.2 Å². The van der Waals surface area contributed by atoms with Crippen molar-refractivity contribution in [3.05, 3.63) is 16.7 Å². The number of nitrogens with zero attached hydrogens (tertiary/aromatic N) is 3. The fourth-order valence-electron chi connectivity index (χ4n) is 3.72. The number of nitrogen functional groups attached to an aromatic ring is 1. The van der Waals surface area contributed by atoms with Gasteiger partial charge in [-0.1, -0.05) is 6.92 Å². The lowest BCUT2D eigenvalue weighted by Crippen LogP contribution is -2.49. The van der Waals surface area contributed by atoms with Gasteiger partial charge in [0.1, 0.15) is 17.8 Å². The number of hydrogen-bond donors (Lipinski definition) is 2. The molecule has 2 aliphatic rings. The molecule has 23 heavy (non-hydrogen) atoms. The Hall–Kier alpha value is -1.97. The van der Waals surface area contributed by atoms with Gasteiger partial charge in [-0.05, 0) is 6.42 Å². The van der Waals surface area contributed by atoms with Crippen LogP contribution in [0.2, 0.25) is 0 Å². The molecule has 0 aliphatic carbocycles. The van der Waals surface area contributed by atoms with E-state index >= 15 is 0 Å². The van der Waals surface area contributed by atoms with E-state index in [0.29, 0.717) is 12.3 Å². The maximum Gasteiger partial charge on any atom is 0.280 e. The fourth-order valence-corrected chi connectivity index (χ4v) is 3.72. The smallest absolute Gasteiger partial charge is 0.280 e. The van der Waals surface area contributed by atoms with E-state index in [1.807, 2.05) is 0 Å². The van der Waals surface area contributed by atoms with Crippen LogP contribution in [0, 0.1) is 0 Å². The summed E-state index contributed by atoms with van der Waals surface area (Å²) in [7, 11) is 1.66. The zero-order valence-corrected chi connectivity index (χ0v) is 13.0. The molecule has 0 spiro atoms. The Morgan fingerprint density at radius 3 is 3.13 bits per heavy atom. The highest BCUT2D eigenvalue weighted by molar-refractivity contribution is 5.70. The molecule has 0 aromatic carbocycles. The quantitative estimate of drug-likeness (QED) is 0.828. The molecule has 0 amide bonds. The maximum absolute atomic E-state index is 11.9. The van der Waals surface area contributed by atoms with Crippen LogP contribution in [-0.4, -0.2) is 51.0 Å². The summed E-state index contributed by atoms with van der Waals surface area (Å²) in [6, 6.07) is 0. The van der Waals surface area contributed by atoms with E-state index < -0.39 is 11.8 Å². The summed E-state index contributed by atoms with van der Waals surface area (Å²) in [4.78, 5) is 22.7. The third kappa shape index (κ3) is 1.93. The molecule has 2 aliphatic heterocycles. The van der Waals surface area contributed by atoms with Gasteiger partial charge in [-0.15, -0.1) is 0 Å². The SMILES string of the molecule is CC[C@@]12CCO[C@@H](C1OC)[C@H](n1cnc3c(=O)[nH]c(N)nc31)O2. The average Bonchev–Trinajstić information content (AvgIpc) is 3.02. The summed E-state index contributed by atoms with van der Waals surface area (Å²) in [5, 5.41) is 0. The molecule has 2 fully saturated rings. The Balaban J connectivity index is 1.84. The van der Waals surface area contributed by atoms with Crippen LogP contribution in [0.4, 0.5) is 5.95 Å². The van der Waals surface area contributed by atoms with Crippen LogP contribution in [-0.2, 0) is 14.2 Å². The number of nitrogens with one attached hydrogen (secondary N) is 1. The Bertz CT molecular complexity index is 802. The summed E-state index contributed by atoms with van der Waals surface area (Å²) in [5.74, 6) is 0.0413. The highest BCUT2D eigenvalue weighted by Crippen LogP contribution is 2.47. The van der Waals surface area contributed by atoms with E-state index in [2.05, 4.69) is 21.9 Å². The maximum atomic E-state index is 11.9. The Labute approximate surface area is 131 Å². The molecule has 4 rings (SSSR count). The highest BCUT2D eigenvalue weighted by Gasteiger charge is 2.58. The lowest BCUT2D eigenvalue weighted by molar-refractivity contribution is -0.136. The van der Waals surface area contributed by atoms with Crippen molar-refractivity contribution in [3.8, 4) is 0 Å².